The number of nitrogens with one attached hydrogen (secondary N) is 1. The minimum atomic E-state index is 0.109. The first kappa shape index (κ1) is 18.0. The fraction of sp³-hybridized carbons (Fsp3) is 1.00. The normalized spacial score (nSPS) is 28.8. The van der Waals surface area contributed by atoms with Gasteiger partial charge in [-0.3, -0.25) is 0 Å². The van der Waals surface area contributed by atoms with Gasteiger partial charge in [-0.15, -0.1) is 0 Å². The van der Waals surface area contributed by atoms with E-state index in [0.717, 1.165) is 19.1 Å². The molecule has 20 heavy (non-hydrogen) atoms. The topological polar surface area (TPSA) is 21.3 Å². The molecule has 0 spiro atoms. The van der Waals surface area contributed by atoms with E-state index < -0.39 is 0 Å². The Bertz CT molecular complexity index is 244. The third-order valence-corrected chi connectivity index (χ3v) is 4.88. The summed E-state index contributed by atoms with van der Waals surface area (Å²) in [4.78, 5) is 0. The van der Waals surface area contributed by atoms with Gasteiger partial charge < -0.3 is 10.1 Å². The molecule has 0 heterocycles. The number of rotatable bonds is 9. The van der Waals surface area contributed by atoms with Gasteiger partial charge in [0, 0.05) is 19.2 Å². The fourth-order valence-electron chi connectivity index (χ4n) is 3.27. The van der Waals surface area contributed by atoms with Crippen molar-refractivity contribution in [3.63, 3.8) is 0 Å². The van der Waals surface area contributed by atoms with Crippen molar-refractivity contribution in [1.29, 1.82) is 0 Å². The Hall–Kier alpha value is -0.0800. The molecule has 0 bridgehead atoms. The van der Waals surface area contributed by atoms with Gasteiger partial charge in [-0.05, 0) is 43.9 Å². The standard InChI is InChI=1S/C18H37NO/c1-6-8-16(5)13-20-18(14-19-15(3)4)11-9-17(7-2)10-12-18/h15-17,19H,6-14H2,1-5H3. The molecule has 1 unspecified atom stereocenters. The molecule has 1 fully saturated rings. The van der Waals surface area contributed by atoms with Crippen LogP contribution in [-0.4, -0.2) is 24.8 Å². The monoisotopic (exact) mass is 283 g/mol. The summed E-state index contributed by atoms with van der Waals surface area (Å²) < 4.78 is 6.47. The Kier molecular flexibility index (Phi) is 8.13. The predicted octanol–water partition coefficient (Wildman–Crippen LogP) is 4.78. The Morgan fingerprint density at radius 2 is 1.80 bits per heavy atom. The maximum Gasteiger partial charge on any atom is 0.0806 e. The molecule has 1 atom stereocenters. The van der Waals surface area contributed by atoms with Crippen molar-refractivity contribution in [3.05, 3.63) is 0 Å². The van der Waals surface area contributed by atoms with Crippen LogP contribution in [0.2, 0.25) is 0 Å². The molecule has 1 aliphatic rings. The van der Waals surface area contributed by atoms with E-state index in [2.05, 4.69) is 39.9 Å². The molecule has 2 nitrogen and oxygen atoms in total. The van der Waals surface area contributed by atoms with Crippen molar-refractivity contribution in [3.8, 4) is 0 Å². The molecule has 1 saturated carbocycles. The highest BCUT2D eigenvalue weighted by Crippen LogP contribution is 2.36. The van der Waals surface area contributed by atoms with Crippen LogP contribution in [-0.2, 0) is 4.74 Å². The van der Waals surface area contributed by atoms with Crippen molar-refractivity contribution < 1.29 is 4.74 Å². The third-order valence-electron chi connectivity index (χ3n) is 4.88. The summed E-state index contributed by atoms with van der Waals surface area (Å²) in [7, 11) is 0. The van der Waals surface area contributed by atoms with E-state index >= 15 is 0 Å². The minimum Gasteiger partial charge on any atom is -0.373 e. The van der Waals surface area contributed by atoms with Crippen LogP contribution >= 0.6 is 0 Å². The van der Waals surface area contributed by atoms with Crippen LogP contribution in [0.5, 0.6) is 0 Å². The highest BCUT2D eigenvalue weighted by Gasteiger charge is 2.35. The van der Waals surface area contributed by atoms with Crippen molar-refractivity contribution >= 4 is 0 Å². The lowest BCUT2D eigenvalue weighted by Gasteiger charge is -2.41. The van der Waals surface area contributed by atoms with Crippen molar-refractivity contribution in [2.24, 2.45) is 11.8 Å². The average Bonchev–Trinajstić information content (AvgIpc) is 2.44. The lowest BCUT2D eigenvalue weighted by Crippen LogP contribution is -2.48. The largest absolute Gasteiger partial charge is 0.373 e. The van der Waals surface area contributed by atoms with Gasteiger partial charge in [0.15, 0.2) is 0 Å². The number of hydrogen-bond donors (Lipinski definition) is 1. The molecule has 0 saturated heterocycles. The molecule has 0 amide bonds. The smallest absolute Gasteiger partial charge is 0.0806 e. The van der Waals surface area contributed by atoms with E-state index in [9.17, 15) is 0 Å². The molecule has 0 aromatic heterocycles. The first-order valence-corrected chi connectivity index (χ1v) is 8.88. The van der Waals surface area contributed by atoms with Crippen LogP contribution in [0.3, 0.4) is 0 Å². The second kappa shape index (κ2) is 9.04. The summed E-state index contributed by atoms with van der Waals surface area (Å²) in [5, 5.41) is 3.62. The molecular formula is C18H37NO. The Balaban J connectivity index is 2.51. The second-order valence-electron chi connectivity index (χ2n) is 7.28. The quantitative estimate of drug-likeness (QED) is 0.658. The van der Waals surface area contributed by atoms with Gasteiger partial charge >= 0.3 is 0 Å². The Morgan fingerprint density at radius 1 is 1.15 bits per heavy atom. The van der Waals surface area contributed by atoms with Crippen molar-refractivity contribution in [1.82, 2.24) is 5.32 Å². The second-order valence-corrected chi connectivity index (χ2v) is 7.28. The van der Waals surface area contributed by atoms with Gasteiger partial charge in [-0.25, -0.2) is 0 Å². The highest BCUT2D eigenvalue weighted by molar-refractivity contribution is 4.89. The van der Waals surface area contributed by atoms with Crippen LogP contribution in [0.4, 0.5) is 0 Å². The van der Waals surface area contributed by atoms with Gasteiger partial charge in [0.05, 0.1) is 5.60 Å². The Labute approximate surface area is 127 Å². The molecule has 1 rings (SSSR count). The molecular weight excluding hydrogens is 246 g/mol. The van der Waals surface area contributed by atoms with E-state index in [1.165, 1.54) is 44.9 Å². The molecule has 120 valence electrons. The first-order valence-electron chi connectivity index (χ1n) is 8.88. The zero-order chi connectivity index (χ0) is 15.0. The van der Waals surface area contributed by atoms with E-state index in [1.807, 2.05) is 0 Å². The summed E-state index contributed by atoms with van der Waals surface area (Å²) in [6.07, 6.45) is 9.05. The van der Waals surface area contributed by atoms with Crippen LogP contribution in [0.1, 0.15) is 79.6 Å². The van der Waals surface area contributed by atoms with Crippen LogP contribution in [0, 0.1) is 11.8 Å². The van der Waals surface area contributed by atoms with Gasteiger partial charge in [-0.1, -0.05) is 47.5 Å². The molecule has 0 aromatic carbocycles. The maximum atomic E-state index is 6.47. The third kappa shape index (κ3) is 6.13. The summed E-state index contributed by atoms with van der Waals surface area (Å²) in [6.45, 7) is 13.3. The van der Waals surface area contributed by atoms with Gasteiger partial charge in [-0.2, -0.15) is 0 Å². The maximum absolute atomic E-state index is 6.47. The zero-order valence-corrected chi connectivity index (χ0v) is 14.5. The molecule has 0 aromatic rings. The number of ether oxygens (including phenoxy) is 1. The van der Waals surface area contributed by atoms with E-state index in [1.54, 1.807) is 0 Å². The van der Waals surface area contributed by atoms with E-state index in [4.69, 9.17) is 4.74 Å². The molecule has 1 aliphatic carbocycles. The lowest BCUT2D eigenvalue weighted by molar-refractivity contribution is -0.0887. The molecule has 2 heteroatoms. The average molecular weight is 284 g/mol. The van der Waals surface area contributed by atoms with Gasteiger partial charge in [0.25, 0.3) is 0 Å². The van der Waals surface area contributed by atoms with E-state index in [-0.39, 0.29) is 5.60 Å². The Morgan fingerprint density at radius 3 is 2.30 bits per heavy atom. The van der Waals surface area contributed by atoms with Crippen molar-refractivity contribution in [2.75, 3.05) is 13.2 Å². The van der Waals surface area contributed by atoms with Crippen LogP contribution < -0.4 is 5.32 Å². The fourth-order valence-corrected chi connectivity index (χ4v) is 3.27. The number of hydrogen-bond acceptors (Lipinski definition) is 2. The summed E-state index contributed by atoms with van der Waals surface area (Å²) in [6, 6.07) is 0.549. The summed E-state index contributed by atoms with van der Waals surface area (Å²) >= 11 is 0. The first-order chi connectivity index (χ1) is 9.51. The van der Waals surface area contributed by atoms with E-state index in [0.29, 0.717) is 12.0 Å². The van der Waals surface area contributed by atoms with Crippen LogP contribution in [0.25, 0.3) is 0 Å². The molecule has 1 N–H and O–H groups in total. The van der Waals surface area contributed by atoms with Gasteiger partial charge in [0.1, 0.15) is 0 Å². The van der Waals surface area contributed by atoms with Gasteiger partial charge in [0.2, 0.25) is 0 Å². The summed E-state index contributed by atoms with van der Waals surface area (Å²) in [5.74, 6) is 1.62. The minimum absolute atomic E-state index is 0.109. The summed E-state index contributed by atoms with van der Waals surface area (Å²) in [5.41, 5.74) is 0.109. The predicted molar refractivity (Wildman–Crippen MR) is 88.1 cm³/mol. The van der Waals surface area contributed by atoms with Crippen LogP contribution in [0.15, 0.2) is 0 Å². The molecule has 0 radical (unpaired) electrons. The van der Waals surface area contributed by atoms with Crippen molar-refractivity contribution in [2.45, 2.75) is 91.2 Å². The lowest BCUT2D eigenvalue weighted by atomic mass is 9.77. The SMILES string of the molecule is CCCC(C)COC1(CNC(C)C)CCC(CC)CC1. The zero-order valence-electron chi connectivity index (χ0n) is 14.5. The highest BCUT2D eigenvalue weighted by atomic mass is 16.5. The molecule has 0 aliphatic heterocycles.